The Hall–Kier alpha value is -0.697. The van der Waals surface area contributed by atoms with Crippen molar-refractivity contribution in [3.63, 3.8) is 0 Å². The van der Waals surface area contributed by atoms with E-state index in [0.29, 0.717) is 0 Å². The topological polar surface area (TPSA) is 68.3 Å². The number of hydrogen-bond acceptors (Lipinski definition) is 4. The van der Waals surface area contributed by atoms with E-state index in [0.717, 1.165) is 10.0 Å². The number of carbonyl (C=O) groups excluding carboxylic acids is 4. The van der Waals surface area contributed by atoms with Gasteiger partial charge in [0.05, 0.1) is 0 Å². The van der Waals surface area contributed by atoms with Crippen LogP contribution in [-0.2, 0) is 36.3 Å². The van der Waals surface area contributed by atoms with Gasteiger partial charge in [-0.05, 0) is 0 Å². The quantitative estimate of drug-likeness (QED) is 0.356. The summed E-state index contributed by atoms with van der Waals surface area (Å²) in [6.45, 7) is 18.6. The summed E-state index contributed by atoms with van der Waals surface area (Å²) in [5, 5.41) is 1.61. The molecule has 0 spiro atoms. The van der Waals surface area contributed by atoms with Gasteiger partial charge in [0.15, 0.2) is 0 Å². The zero-order valence-corrected chi connectivity index (χ0v) is 22.1. The van der Waals surface area contributed by atoms with Crippen molar-refractivity contribution >= 4 is 23.1 Å². The molecule has 0 N–H and O–H groups in total. The summed E-state index contributed by atoms with van der Waals surface area (Å²) < 4.78 is 0. The number of carbonyl (C=O) groups is 4. The van der Waals surface area contributed by atoms with E-state index in [-0.39, 0.29) is 36.0 Å². The van der Waals surface area contributed by atoms with Gasteiger partial charge in [-0.3, -0.25) is 0 Å². The summed E-state index contributed by atoms with van der Waals surface area (Å²) in [6.07, 6.45) is -0.0255. The molecule has 0 aromatic rings. The van der Waals surface area contributed by atoms with Crippen molar-refractivity contribution in [3.8, 4) is 0 Å². The Labute approximate surface area is 173 Å². The van der Waals surface area contributed by atoms with Gasteiger partial charge in [0.25, 0.3) is 0 Å². The predicted octanol–water partition coefficient (Wildman–Crippen LogP) is 5.11. The summed E-state index contributed by atoms with van der Waals surface area (Å²) in [6, 6.07) is 0. The van der Waals surface area contributed by atoms with Gasteiger partial charge < -0.3 is 0 Å². The van der Waals surface area contributed by atoms with Gasteiger partial charge >= 0.3 is 173 Å². The van der Waals surface area contributed by atoms with E-state index in [1.54, 1.807) is 0 Å². The first-order chi connectivity index (χ1) is 11.8. The molecule has 0 radical (unpaired) electrons. The van der Waals surface area contributed by atoms with Crippen molar-refractivity contribution in [2.24, 2.45) is 21.7 Å². The van der Waals surface area contributed by atoms with Crippen LogP contribution in [-0.4, -0.2) is 23.1 Å². The Morgan fingerprint density at radius 3 is 1.00 bits per heavy atom. The molecule has 5 heteroatoms. The van der Waals surface area contributed by atoms with Crippen molar-refractivity contribution < 1.29 is 36.3 Å². The van der Waals surface area contributed by atoms with Crippen LogP contribution in [0.1, 0.15) is 82.1 Å². The third-order valence-electron chi connectivity index (χ3n) is 5.43. The van der Waals surface area contributed by atoms with E-state index in [4.69, 9.17) is 0 Å². The average molecular weight is 432 g/mol. The minimum atomic E-state index is -1.17. The molecular weight excluding hydrogens is 394 g/mol. The molecule has 0 aliphatic rings. The molecule has 0 fully saturated rings. The molecule has 0 aliphatic carbocycles. The SMILES string of the molecule is CC(C)(C)C(=O)CC(=O)C(C)(C)[CH2][Zn][CH2]C(C)(C)C(=O)CC(=O)C(C)(C)C. The minimum absolute atomic E-state index is 0.0000861. The molecule has 152 valence electrons. The molecule has 0 amide bonds. The molecule has 0 aliphatic heterocycles. The Morgan fingerprint density at radius 2 is 0.778 bits per heavy atom. The van der Waals surface area contributed by atoms with Gasteiger partial charge in [0.1, 0.15) is 0 Å². The van der Waals surface area contributed by atoms with Crippen LogP contribution in [0, 0.1) is 21.7 Å². The fraction of sp³-hybridized carbons (Fsp3) is 0.818. The predicted molar refractivity (Wildman–Crippen MR) is 105 cm³/mol. The molecule has 27 heavy (non-hydrogen) atoms. The molecule has 0 bridgehead atoms. The van der Waals surface area contributed by atoms with Crippen LogP contribution in [0.15, 0.2) is 0 Å². The van der Waals surface area contributed by atoms with Crippen molar-refractivity contribution in [2.45, 2.75) is 92.1 Å². The third-order valence-corrected chi connectivity index (χ3v) is 12.2. The molecule has 0 aromatic heterocycles. The molecule has 0 atom stereocenters. The molecule has 0 heterocycles. The summed E-state index contributed by atoms with van der Waals surface area (Å²) in [4.78, 5) is 49.4. The fourth-order valence-electron chi connectivity index (χ4n) is 2.55. The van der Waals surface area contributed by atoms with Gasteiger partial charge in [-0.25, -0.2) is 0 Å². The fourth-order valence-corrected chi connectivity index (χ4v) is 7.80. The van der Waals surface area contributed by atoms with Gasteiger partial charge in [-0.1, -0.05) is 0 Å². The van der Waals surface area contributed by atoms with Gasteiger partial charge in [-0.2, -0.15) is 0 Å². The van der Waals surface area contributed by atoms with E-state index in [9.17, 15) is 19.2 Å². The summed E-state index contributed by atoms with van der Waals surface area (Å²) in [7, 11) is 0. The zero-order valence-electron chi connectivity index (χ0n) is 19.2. The average Bonchev–Trinajstić information content (AvgIpc) is 2.44. The Bertz CT molecular complexity index is 534. The first-order valence-corrected chi connectivity index (χ1v) is 14.1. The molecular formula is C22H38O4Zn. The van der Waals surface area contributed by atoms with Crippen LogP contribution < -0.4 is 0 Å². The summed E-state index contributed by atoms with van der Waals surface area (Å²) >= 11 is -1.17. The van der Waals surface area contributed by atoms with E-state index in [1.807, 2.05) is 69.2 Å². The van der Waals surface area contributed by atoms with E-state index in [1.165, 1.54) is 0 Å². The van der Waals surface area contributed by atoms with Gasteiger partial charge in [0, 0.05) is 0 Å². The third kappa shape index (κ3) is 8.90. The maximum atomic E-state index is 12.6. The number of ketones is 4. The Morgan fingerprint density at radius 1 is 0.519 bits per heavy atom. The number of hydrogen-bond donors (Lipinski definition) is 0. The van der Waals surface area contributed by atoms with E-state index < -0.39 is 38.8 Å². The van der Waals surface area contributed by atoms with Gasteiger partial charge in [0.2, 0.25) is 0 Å². The first-order valence-electron chi connectivity index (χ1n) is 9.94. The zero-order chi connectivity index (χ0) is 21.8. The number of Topliss-reactive ketones (excluding diaryl/α,β-unsaturated/α-hetero) is 4. The van der Waals surface area contributed by atoms with Crippen LogP contribution in [0.3, 0.4) is 0 Å². The van der Waals surface area contributed by atoms with Crippen LogP contribution in [0.25, 0.3) is 0 Å². The van der Waals surface area contributed by atoms with Crippen molar-refractivity contribution in [1.82, 2.24) is 0 Å². The number of rotatable bonds is 10. The summed E-state index contributed by atoms with van der Waals surface area (Å²) in [5.74, 6) is -0.0475. The second-order valence-corrected chi connectivity index (χ2v) is 14.7. The van der Waals surface area contributed by atoms with Crippen LogP contribution in [0.5, 0.6) is 0 Å². The molecule has 4 nitrogen and oxygen atoms in total. The molecule has 0 aromatic carbocycles. The van der Waals surface area contributed by atoms with Crippen LogP contribution >= 0.6 is 0 Å². The monoisotopic (exact) mass is 430 g/mol. The second-order valence-electron chi connectivity index (χ2n) is 11.2. The van der Waals surface area contributed by atoms with Gasteiger partial charge in [-0.15, -0.1) is 0 Å². The van der Waals surface area contributed by atoms with E-state index in [2.05, 4.69) is 0 Å². The summed E-state index contributed by atoms with van der Waals surface area (Å²) in [5.41, 5.74) is -2.02. The standard InChI is InChI=1S/2C11H19O2.Zn/c2*1-10(2,3)8(12)7-9(13)11(4,5)6;/h2*1,7H2,2-6H3;. The van der Waals surface area contributed by atoms with Crippen LogP contribution in [0.4, 0.5) is 0 Å². The molecule has 0 saturated heterocycles. The first kappa shape index (κ1) is 26.3. The van der Waals surface area contributed by atoms with Crippen molar-refractivity contribution in [1.29, 1.82) is 0 Å². The molecule has 0 unspecified atom stereocenters. The normalized spacial score (nSPS) is 13.1. The molecule has 0 rings (SSSR count). The molecule has 0 saturated carbocycles. The van der Waals surface area contributed by atoms with E-state index >= 15 is 0 Å². The van der Waals surface area contributed by atoms with Crippen LogP contribution in [0.2, 0.25) is 10.0 Å². The maximum absolute atomic E-state index is 12.6. The second kappa shape index (κ2) is 9.20. The van der Waals surface area contributed by atoms with Crippen molar-refractivity contribution in [2.75, 3.05) is 0 Å². The van der Waals surface area contributed by atoms with Crippen molar-refractivity contribution in [3.05, 3.63) is 0 Å². The Kier molecular flexibility index (Phi) is 8.96. The Balaban J connectivity index is 4.74.